The van der Waals surface area contributed by atoms with Gasteiger partial charge in [0, 0.05) is 16.2 Å². The number of imide groups is 1. The van der Waals surface area contributed by atoms with Gasteiger partial charge < -0.3 is 4.74 Å². The van der Waals surface area contributed by atoms with E-state index in [0.29, 0.717) is 16.3 Å². The number of halogens is 1. The lowest BCUT2D eigenvalue weighted by molar-refractivity contribution is -0.112. The maximum atomic E-state index is 12.1. The quantitative estimate of drug-likeness (QED) is 0.681. The Kier molecular flexibility index (Phi) is 3.14. The van der Waals surface area contributed by atoms with Crippen LogP contribution in [0.25, 0.3) is 5.57 Å². The lowest BCUT2D eigenvalue weighted by Crippen LogP contribution is -2.38. The summed E-state index contributed by atoms with van der Waals surface area (Å²) in [4.78, 5) is 25.1. The van der Waals surface area contributed by atoms with Crippen LogP contribution in [0.3, 0.4) is 0 Å². The third-order valence-corrected chi connectivity index (χ3v) is 2.80. The van der Waals surface area contributed by atoms with E-state index in [9.17, 15) is 9.59 Å². The molecule has 0 saturated carbocycles. The summed E-state index contributed by atoms with van der Waals surface area (Å²) in [5, 5.41) is 0.440. The summed E-state index contributed by atoms with van der Waals surface area (Å²) in [6.45, 7) is 8.90. The van der Waals surface area contributed by atoms with Crippen LogP contribution in [0.15, 0.2) is 24.8 Å². The first kappa shape index (κ1) is 13.6. The van der Waals surface area contributed by atoms with Crippen molar-refractivity contribution in [3.63, 3.8) is 0 Å². The van der Waals surface area contributed by atoms with Gasteiger partial charge in [0.25, 0.3) is 5.91 Å². The van der Waals surface area contributed by atoms with Crippen molar-refractivity contribution < 1.29 is 14.3 Å². The zero-order chi connectivity index (χ0) is 14.4. The van der Waals surface area contributed by atoms with Crippen molar-refractivity contribution in [2.24, 2.45) is 0 Å². The Morgan fingerprint density at radius 3 is 2.58 bits per heavy atom. The van der Waals surface area contributed by atoms with Gasteiger partial charge >= 0.3 is 6.09 Å². The summed E-state index contributed by atoms with van der Waals surface area (Å²) in [6.07, 6.45) is -0.723. The van der Waals surface area contributed by atoms with Crippen molar-refractivity contribution in [1.29, 1.82) is 0 Å². The van der Waals surface area contributed by atoms with Crippen molar-refractivity contribution in [1.82, 2.24) is 0 Å². The molecule has 0 unspecified atom stereocenters. The number of fused-ring (bicyclic) bond motifs is 1. The van der Waals surface area contributed by atoms with Crippen molar-refractivity contribution in [3.8, 4) is 0 Å². The van der Waals surface area contributed by atoms with E-state index in [1.54, 1.807) is 39.0 Å². The molecule has 0 fully saturated rings. The Labute approximate surface area is 116 Å². The van der Waals surface area contributed by atoms with E-state index in [1.165, 1.54) is 0 Å². The van der Waals surface area contributed by atoms with Gasteiger partial charge in [-0.1, -0.05) is 24.2 Å². The zero-order valence-corrected chi connectivity index (χ0v) is 11.7. The fourth-order valence-corrected chi connectivity index (χ4v) is 1.96. The molecule has 0 saturated heterocycles. The van der Waals surface area contributed by atoms with Crippen LogP contribution in [0, 0.1) is 0 Å². The first-order valence-corrected chi connectivity index (χ1v) is 6.15. The van der Waals surface area contributed by atoms with Crippen LogP contribution in [0.4, 0.5) is 10.5 Å². The highest BCUT2D eigenvalue weighted by Crippen LogP contribution is 2.38. The van der Waals surface area contributed by atoms with Gasteiger partial charge in [0.2, 0.25) is 0 Å². The summed E-state index contributed by atoms with van der Waals surface area (Å²) in [5.74, 6) is -0.480. The zero-order valence-electron chi connectivity index (χ0n) is 11.0. The monoisotopic (exact) mass is 279 g/mol. The van der Waals surface area contributed by atoms with Crippen LogP contribution in [-0.2, 0) is 9.53 Å². The minimum atomic E-state index is -0.723. The fourth-order valence-electron chi connectivity index (χ4n) is 1.79. The lowest BCUT2D eigenvalue weighted by atomic mass is 10.1. The third kappa shape index (κ3) is 2.49. The number of carbonyl (C=O) groups is 2. The van der Waals surface area contributed by atoms with Crippen LogP contribution in [-0.4, -0.2) is 17.6 Å². The molecule has 1 aliphatic heterocycles. The molecule has 0 spiro atoms. The van der Waals surface area contributed by atoms with E-state index in [1.807, 2.05) is 0 Å². The number of benzene rings is 1. The molecule has 1 aromatic rings. The molecule has 4 nitrogen and oxygen atoms in total. The van der Waals surface area contributed by atoms with E-state index in [-0.39, 0.29) is 5.57 Å². The minimum absolute atomic E-state index is 0.262. The van der Waals surface area contributed by atoms with Crippen molar-refractivity contribution in [2.45, 2.75) is 26.4 Å². The summed E-state index contributed by atoms with van der Waals surface area (Å²) in [7, 11) is 0. The highest BCUT2D eigenvalue weighted by molar-refractivity contribution is 6.39. The molecule has 1 aromatic carbocycles. The second kappa shape index (κ2) is 4.38. The Bertz CT molecular complexity index is 587. The van der Waals surface area contributed by atoms with Crippen LogP contribution in [0.2, 0.25) is 5.02 Å². The standard InChI is InChI=1S/C14H14ClNO3/c1-8-10-6-5-9(15)7-11(10)16(12(8)17)13(18)19-14(2,3)4/h5-7H,1H2,2-4H3. The molecule has 0 atom stereocenters. The Balaban J connectivity index is 2.43. The smallest absolute Gasteiger partial charge is 0.422 e. The largest absolute Gasteiger partial charge is 0.443 e. The average molecular weight is 280 g/mol. The lowest BCUT2D eigenvalue weighted by Gasteiger charge is -2.23. The average Bonchev–Trinajstić information content (AvgIpc) is 2.48. The Hall–Kier alpha value is -1.81. The number of hydrogen-bond donors (Lipinski definition) is 0. The summed E-state index contributed by atoms with van der Waals surface area (Å²) in [6, 6.07) is 4.87. The number of ether oxygens (including phenoxy) is 1. The minimum Gasteiger partial charge on any atom is -0.443 e. The molecular weight excluding hydrogens is 266 g/mol. The molecule has 19 heavy (non-hydrogen) atoms. The predicted octanol–water partition coefficient (Wildman–Crippen LogP) is 3.63. The van der Waals surface area contributed by atoms with Gasteiger partial charge in [0.15, 0.2) is 0 Å². The van der Waals surface area contributed by atoms with Gasteiger partial charge in [-0.2, -0.15) is 0 Å². The number of amides is 2. The molecular formula is C14H14ClNO3. The molecule has 100 valence electrons. The number of hydrogen-bond acceptors (Lipinski definition) is 3. The summed E-state index contributed by atoms with van der Waals surface area (Å²) >= 11 is 5.90. The van der Waals surface area contributed by atoms with Gasteiger partial charge in [-0.15, -0.1) is 0 Å². The van der Waals surface area contributed by atoms with E-state index in [4.69, 9.17) is 16.3 Å². The van der Waals surface area contributed by atoms with Crippen LogP contribution in [0.1, 0.15) is 26.3 Å². The number of anilines is 1. The second-order valence-electron chi connectivity index (χ2n) is 5.26. The van der Waals surface area contributed by atoms with Gasteiger partial charge in [-0.05, 0) is 32.9 Å². The normalized spacial score (nSPS) is 14.6. The third-order valence-electron chi connectivity index (χ3n) is 2.56. The van der Waals surface area contributed by atoms with Crippen LogP contribution >= 0.6 is 11.6 Å². The fraction of sp³-hybridized carbons (Fsp3) is 0.286. The molecule has 0 aliphatic carbocycles. The maximum absolute atomic E-state index is 12.1. The topological polar surface area (TPSA) is 46.6 Å². The van der Waals surface area contributed by atoms with E-state index in [2.05, 4.69) is 6.58 Å². The molecule has 5 heteroatoms. The molecule has 0 bridgehead atoms. The Morgan fingerprint density at radius 1 is 1.37 bits per heavy atom. The number of rotatable bonds is 0. The SMILES string of the molecule is C=C1C(=O)N(C(=O)OC(C)(C)C)c2cc(Cl)ccc21. The van der Waals surface area contributed by atoms with Crippen molar-refractivity contribution in [2.75, 3.05) is 4.90 Å². The van der Waals surface area contributed by atoms with E-state index < -0.39 is 17.6 Å². The van der Waals surface area contributed by atoms with Gasteiger partial charge in [0.1, 0.15) is 5.60 Å². The summed E-state index contributed by atoms with van der Waals surface area (Å²) in [5.41, 5.74) is 0.592. The number of carbonyl (C=O) groups excluding carboxylic acids is 2. The molecule has 2 rings (SSSR count). The molecule has 1 heterocycles. The van der Waals surface area contributed by atoms with Gasteiger partial charge in [0.05, 0.1) is 5.69 Å². The first-order chi connectivity index (χ1) is 8.70. The van der Waals surface area contributed by atoms with Gasteiger partial charge in [-0.3, -0.25) is 4.79 Å². The molecule has 0 aromatic heterocycles. The van der Waals surface area contributed by atoms with Crippen molar-refractivity contribution >= 4 is 34.9 Å². The van der Waals surface area contributed by atoms with E-state index in [0.717, 1.165) is 4.90 Å². The van der Waals surface area contributed by atoms with Gasteiger partial charge in [-0.25, -0.2) is 9.69 Å². The van der Waals surface area contributed by atoms with Crippen molar-refractivity contribution in [3.05, 3.63) is 35.4 Å². The molecule has 0 N–H and O–H groups in total. The first-order valence-electron chi connectivity index (χ1n) is 5.77. The highest BCUT2D eigenvalue weighted by Gasteiger charge is 2.38. The van der Waals surface area contributed by atoms with Crippen LogP contribution < -0.4 is 4.90 Å². The van der Waals surface area contributed by atoms with E-state index >= 15 is 0 Å². The maximum Gasteiger partial charge on any atom is 0.422 e. The van der Waals surface area contributed by atoms with Crippen LogP contribution in [0.5, 0.6) is 0 Å². The molecule has 1 aliphatic rings. The summed E-state index contributed by atoms with van der Waals surface area (Å²) < 4.78 is 5.22. The second-order valence-corrected chi connectivity index (χ2v) is 5.70. The highest BCUT2D eigenvalue weighted by atomic mass is 35.5. The predicted molar refractivity (Wildman–Crippen MR) is 74.2 cm³/mol. The molecule has 2 amide bonds. The number of nitrogens with zero attached hydrogens (tertiary/aromatic N) is 1. The molecule has 0 radical (unpaired) electrons. The Morgan fingerprint density at radius 2 is 2.00 bits per heavy atom.